The number of likely N-dealkylation sites (tertiary alicyclic amines) is 1. The molecule has 31 heavy (non-hydrogen) atoms. The highest BCUT2D eigenvalue weighted by molar-refractivity contribution is 5.99. The maximum absolute atomic E-state index is 12.5. The van der Waals surface area contributed by atoms with Crippen molar-refractivity contribution in [1.82, 2.24) is 24.5 Å². The fourth-order valence-electron chi connectivity index (χ4n) is 4.19. The van der Waals surface area contributed by atoms with Crippen LogP contribution < -0.4 is 10.6 Å². The van der Waals surface area contributed by atoms with Gasteiger partial charge < -0.3 is 10.2 Å². The molecule has 3 aromatic rings. The van der Waals surface area contributed by atoms with Crippen molar-refractivity contribution >= 4 is 17.5 Å². The minimum absolute atomic E-state index is 0.249. The molecule has 2 aromatic heterocycles. The first-order chi connectivity index (χ1) is 15.1. The van der Waals surface area contributed by atoms with Crippen LogP contribution in [0.15, 0.2) is 55.0 Å². The Balaban J connectivity index is 1.29. The lowest BCUT2D eigenvalue weighted by atomic mass is 10.0. The molecule has 1 fully saturated rings. The van der Waals surface area contributed by atoms with Crippen molar-refractivity contribution in [3.8, 4) is 0 Å². The van der Waals surface area contributed by atoms with Crippen LogP contribution in [0.4, 0.5) is 16.3 Å². The summed E-state index contributed by atoms with van der Waals surface area (Å²) in [5.74, 6) is 0.733. The average Bonchev–Trinajstić information content (AvgIpc) is 3.46. The van der Waals surface area contributed by atoms with Gasteiger partial charge in [-0.25, -0.2) is 9.48 Å². The first-order valence-corrected chi connectivity index (χ1v) is 11.0. The first-order valence-electron chi connectivity index (χ1n) is 11.0. The van der Waals surface area contributed by atoms with E-state index in [0.29, 0.717) is 12.1 Å². The minimum Gasteiger partial charge on any atom is -0.307 e. The molecule has 8 nitrogen and oxygen atoms in total. The lowest BCUT2D eigenvalue weighted by Gasteiger charge is -2.36. The van der Waals surface area contributed by atoms with E-state index in [0.717, 1.165) is 56.0 Å². The Morgan fingerprint density at radius 1 is 1.10 bits per heavy atom. The summed E-state index contributed by atoms with van der Waals surface area (Å²) in [6.07, 6.45) is 8.71. The van der Waals surface area contributed by atoms with Crippen molar-refractivity contribution in [3.05, 3.63) is 60.6 Å². The third-order valence-corrected chi connectivity index (χ3v) is 6.11. The molecule has 2 amide bonds. The van der Waals surface area contributed by atoms with Gasteiger partial charge in [0, 0.05) is 49.8 Å². The van der Waals surface area contributed by atoms with Crippen LogP contribution in [-0.4, -0.2) is 49.6 Å². The number of para-hydroxylation sites is 1. The number of carbonyl (C=O) groups is 1. The zero-order chi connectivity index (χ0) is 21.6. The van der Waals surface area contributed by atoms with Gasteiger partial charge in [-0.1, -0.05) is 18.2 Å². The molecule has 0 bridgehead atoms. The van der Waals surface area contributed by atoms with Crippen molar-refractivity contribution in [2.24, 2.45) is 0 Å². The van der Waals surface area contributed by atoms with Crippen LogP contribution in [-0.2, 0) is 6.54 Å². The van der Waals surface area contributed by atoms with Crippen molar-refractivity contribution in [2.45, 2.75) is 51.7 Å². The Bertz CT molecular complexity index is 973. The number of hydrogen-bond donors (Lipinski definition) is 2. The quantitative estimate of drug-likeness (QED) is 0.601. The number of nitrogens with zero attached hydrogens (tertiary/aromatic N) is 5. The Labute approximate surface area is 183 Å². The minimum atomic E-state index is -0.249. The molecule has 0 spiro atoms. The SMILES string of the molecule is Cc1ccccc1NC(=O)Nc1ccnn1C1CCN(C(C)CCn2cccn2)CC1. The van der Waals surface area contributed by atoms with Crippen LogP contribution >= 0.6 is 0 Å². The van der Waals surface area contributed by atoms with Gasteiger partial charge in [0.25, 0.3) is 0 Å². The van der Waals surface area contributed by atoms with E-state index < -0.39 is 0 Å². The van der Waals surface area contributed by atoms with Gasteiger partial charge in [-0.15, -0.1) is 0 Å². The highest BCUT2D eigenvalue weighted by atomic mass is 16.2. The Morgan fingerprint density at radius 3 is 2.65 bits per heavy atom. The zero-order valence-electron chi connectivity index (χ0n) is 18.2. The summed E-state index contributed by atoms with van der Waals surface area (Å²) >= 11 is 0. The second-order valence-corrected chi connectivity index (χ2v) is 8.23. The Kier molecular flexibility index (Phi) is 6.66. The van der Waals surface area contributed by atoms with Crippen LogP contribution in [0.25, 0.3) is 0 Å². The van der Waals surface area contributed by atoms with Gasteiger partial charge in [-0.3, -0.25) is 10.00 Å². The second-order valence-electron chi connectivity index (χ2n) is 8.23. The Morgan fingerprint density at radius 2 is 1.90 bits per heavy atom. The maximum atomic E-state index is 12.5. The number of urea groups is 1. The molecule has 0 radical (unpaired) electrons. The summed E-state index contributed by atoms with van der Waals surface area (Å²) in [6, 6.07) is 12.1. The lowest BCUT2D eigenvalue weighted by molar-refractivity contribution is 0.130. The largest absolute Gasteiger partial charge is 0.324 e. The number of rotatable bonds is 7. The van der Waals surface area contributed by atoms with Crippen molar-refractivity contribution < 1.29 is 4.79 Å². The molecule has 3 heterocycles. The van der Waals surface area contributed by atoms with Gasteiger partial charge in [0.15, 0.2) is 0 Å². The topological polar surface area (TPSA) is 80.0 Å². The fourth-order valence-corrected chi connectivity index (χ4v) is 4.19. The number of aromatic nitrogens is 4. The predicted octanol–water partition coefficient (Wildman–Crippen LogP) is 4.15. The monoisotopic (exact) mass is 421 g/mol. The van der Waals surface area contributed by atoms with Crippen molar-refractivity contribution in [2.75, 3.05) is 23.7 Å². The normalized spacial score (nSPS) is 16.2. The molecule has 1 unspecified atom stereocenters. The van der Waals surface area contributed by atoms with Gasteiger partial charge in [-0.2, -0.15) is 10.2 Å². The van der Waals surface area contributed by atoms with Crippen LogP contribution in [0.1, 0.15) is 37.8 Å². The van der Waals surface area contributed by atoms with Gasteiger partial charge in [0.1, 0.15) is 5.82 Å². The van der Waals surface area contributed by atoms with Gasteiger partial charge in [0.05, 0.1) is 12.2 Å². The molecule has 2 N–H and O–H groups in total. The molecule has 8 heteroatoms. The summed E-state index contributed by atoms with van der Waals surface area (Å²) in [4.78, 5) is 15.0. The predicted molar refractivity (Wildman–Crippen MR) is 122 cm³/mol. The van der Waals surface area contributed by atoms with Crippen LogP contribution in [0.3, 0.4) is 0 Å². The fraction of sp³-hybridized carbons (Fsp3) is 0.435. The van der Waals surface area contributed by atoms with Crippen LogP contribution in [0, 0.1) is 6.92 Å². The molecule has 1 aromatic carbocycles. The number of carbonyl (C=O) groups excluding carboxylic acids is 1. The molecule has 1 saturated heterocycles. The third-order valence-electron chi connectivity index (χ3n) is 6.11. The standard InChI is InChI=1S/C23H31N7O/c1-18-6-3-4-7-21(18)26-23(31)27-22-8-13-25-30(22)20-10-15-28(16-11-20)19(2)9-17-29-14-5-12-24-29/h3-8,12-14,19-20H,9-11,15-17H2,1-2H3,(H2,26,27,31). The molecule has 164 valence electrons. The zero-order valence-corrected chi connectivity index (χ0v) is 18.2. The molecule has 1 aliphatic rings. The number of aryl methyl sites for hydroxylation is 2. The van der Waals surface area contributed by atoms with E-state index >= 15 is 0 Å². The third kappa shape index (κ3) is 5.32. The lowest BCUT2D eigenvalue weighted by Crippen LogP contribution is -2.41. The van der Waals surface area contributed by atoms with Gasteiger partial charge in [-0.05, 0) is 50.8 Å². The van der Waals surface area contributed by atoms with Gasteiger partial charge >= 0.3 is 6.03 Å². The van der Waals surface area contributed by atoms with E-state index in [1.54, 1.807) is 6.20 Å². The highest BCUT2D eigenvalue weighted by Gasteiger charge is 2.25. The Hall–Kier alpha value is -3.13. The van der Waals surface area contributed by atoms with Gasteiger partial charge in [0.2, 0.25) is 0 Å². The van der Waals surface area contributed by atoms with Crippen molar-refractivity contribution in [1.29, 1.82) is 0 Å². The smallest absolute Gasteiger partial charge is 0.307 e. The van der Waals surface area contributed by atoms with Crippen LogP contribution in [0.2, 0.25) is 0 Å². The number of piperidine rings is 1. The molecule has 1 atom stereocenters. The molecular weight excluding hydrogens is 390 g/mol. The molecule has 1 aliphatic heterocycles. The first kappa shape index (κ1) is 21.1. The average molecular weight is 422 g/mol. The van der Waals surface area contributed by atoms with Crippen molar-refractivity contribution in [3.63, 3.8) is 0 Å². The van der Waals surface area contributed by atoms with Crippen LogP contribution in [0.5, 0.6) is 0 Å². The molecule has 4 rings (SSSR count). The number of amides is 2. The number of anilines is 2. The van der Waals surface area contributed by atoms with E-state index in [2.05, 4.69) is 32.7 Å². The molecule has 0 saturated carbocycles. The number of hydrogen-bond acceptors (Lipinski definition) is 4. The molecular formula is C23H31N7O. The van der Waals surface area contributed by atoms with E-state index in [1.807, 2.05) is 65.1 Å². The summed E-state index contributed by atoms with van der Waals surface area (Å²) in [7, 11) is 0. The van der Waals surface area contributed by atoms with E-state index in [4.69, 9.17) is 0 Å². The number of nitrogens with one attached hydrogen (secondary N) is 2. The van der Waals surface area contributed by atoms with E-state index in [9.17, 15) is 4.79 Å². The summed E-state index contributed by atoms with van der Waals surface area (Å²) in [5.41, 5.74) is 1.84. The highest BCUT2D eigenvalue weighted by Crippen LogP contribution is 2.27. The molecule has 0 aliphatic carbocycles. The number of benzene rings is 1. The maximum Gasteiger partial charge on any atom is 0.324 e. The summed E-state index contributed by atoms with van der Waals surface area (Å²) in [5, 5.41) is 14.7. The van der Waals surface area contributed by atoms with E-state index in [-0.39, 0.29) is 6.03 Å². The summed E-state index contributed by atoms with van der Waals surface area (Å²) in [6.45, 7) is 7.26. The second kappa shape index (κ2) is 9.78. The summed E-state index contributed by atoms with van der Waals surface area (Å²) < 4.78 is 3.95. The van der Waals surface area contributed by atoms with E-state index in [1.165, 1.54) is 0 Å².